The predicted octanol–water partition coefficient (Wildman–Crippen LogP) is 10.7. The molecule has 3 atom stereocenters. The van der Waals surface area contributed by atoms with E-state index in [1.165, 1.54) is 128 Å². The number of hydrogen-bond acceptors (Lipinski definition) is 6. The van der Waals surface area contributed by atoms with E-state index >= 15 is 0 Å². The minimum absolute atomic E-state index is 0.00452. The van der Waals surface area contributed by atoms with Gasteiger partial charge in [0.1, 0.15) is 13.2 Å². The van der Waals surface area contributed by atoms with Crippen LogP contribution in [0.2, 0.25) is 0 Å². The lowest BCUT2D eigenvalue weighted by molar-refractivity contribution is -0.870. The molecule has 0 saturated heterocycles. The molecule has 0 bridgehead atoms. The number of aliphatic hydroxyl groups is 1. The van der Waals surface area contributed by atoms with E-state index in [1.807, 2.05) is 27.2 Å². The number of rotatable bonds is 38. The molecule has 8 nitrogen and oxygen atoms in total. The van der Waals surface area contributed by atoms with Gasteiger partial charge < -0.3 is 28.8 Å². The first-order valence-electron chi connectivity index (χ1n) is 21.2. The summed E-state index contributed by atoms with van der Waals surface area (Å²) in [7, 11) is 1.25. The molecule has 0 aromatic rings. The quantitative estimate of drug-likeness (QED) is 0.0282. The lowest BCUT2D eigenvalue weighted by atomic mass is 10.0. The van der Waals surface area contributed by atoms with E-state index in [9.17, 15) is 19.4 Å². The lowest BCUT2D eigenvalue weighted by Gasteiger charge is -2.29. The first kappa shape index (κ1) is 50.0. The van der Waals surface area contributed by atoms with Crippen LogP contribution in [0.4, 0.5) is 0 Å². The van der Waals surface area contributed by atoms with E-state index in [-0.39, 0.29) is 19.1 Å². The van der Waals surface area contributed by atoms with E-state index in [0.29, 0.717) is 17.4 Å². The number of nitrogens with one attached hydrogen (secondary N) is 1. The number of aliphatic hydroxyl groups excluding tert-OH is 1. The van der Waals surface area contributed by atoms with Crippen LogP contribution < -0.4 is 10.2 Å². The summed E-state index contributed by atoms with van der Waals surface area (Å²) in [5.74, 6) is -0.207. The van der Waals surface area contributed by atoms with Gasteiger partial charge in [-0.2, -0.15) is 0 Å². The Morgan fingerprint density at radius 3 is 1.59 bits per heavy atom. The zero-order chi connectivity index (χ0) is 37.9. The van der Waals surface area contributed by atoms with E-state index in [2.05, 4.69) is 31.3 Å². The van der Waals surface area contributed by atoms with Gasteiger partial charge in [-0.15, -0.1) is 0 Å². The Balaban J connectivity index is 4.44. The van der Waals surface area contributed by atoms with Gasteiger partial charge in [0.05, 0.1) is 39.9 Å². The van der Waals surface area contributed by atoms with Crippen LogP contribution in [0.1, 0.15) is 187 Å². The molecule has 2 N–H and O–H groups in total. The molecule has 0 aromatic heterocycles. The molecule has 9 heteroatoms. The van der Waals surface area contributed by atoms with Gasteiger partial charge in [0.2, 0.25) is 5.91 Å². The molecule has 1 amide bonds. The topological polar surface area (TPSA) is 108 Å². The summed E-state index contributed by atoms with van der Waals surface area (Å²) in [4.78, 5) is 25.2. The molecule has 302 valence electrons. The van der Waals surface area contributed by atoms with E-state index in [1.54, 1.807) is 6.08 Å². The Kier molecular flexibility index (Phi) is 34.0. The number of hydrogen-bond donors (Lipinski definition) is 2. The van der Waals surface area contributed by atoms with Crippen molar-refractivity contribution in [3.63, 3.8) is 0 Å². The van der Waals surface area contributed by atoms with Crippen LogP contribution in [-0.4, -0.2) is 68.5 Å². The van der Waals surface area contributed by atoms with Crippen LogP contribution in [0.5, 0.6) is 0 Å². The van der Waals surface area contributed by atoms with E-state index < -0.39 is 20.0 Å². The molecule has 0 aliphatic heterocycles. The average molecular weight is 743 g/mol. The number of quaternary nitrogens is 1. The van der Waals surface area contributed by atoms with Gasteiger partial charge in [0.25, 0.3) is 7.82 Å². The molecule has 51 heavy (non-hydrogen) atoms. The normalized spacial score (nSPS) is 14.7. The fourth-order valence-electron chi connectivity index (χ4n) is 5.99. The number of carbonyl (C=O) groups excluding carboxylic acids is 1. The maximum absolute atomic E-state index is 12.8. The molecule has 1 unspecified atom stereocenters. The monoisotopic (exact) mass is 743 g/mol. The first-order chi connectivity index (χ1) is 24.5. The number of nitrogens with zero attached hydrogens (tertiary/aromatic N) is 1. The summed E-state index contributed by atoms with van der Waals surface area (Å²) in [5, 5.41) is 13.7. The van der Waals surface area contributed by atoms with Gasteiger partial charge in [0, 0.05) is 6.42 Å². The molecular formula is C42H83N2O6P. The molecule has 0 aliphatic carbocycles. The first-order valence-corrected chi connectivity index (χ1v) is 22.7. The fourth-order valence-corrected chi connectivity index (χ4v) is 6.71. The van der Waals surface area contributed by atoms with Crippen LogP contribution in [0.15, 0.2) is 24.3 Å². The number of likely N-dealkylation sites (N-methyl/N-ethyl adjacent to an activating group) is 1. The number of unbranched alkanes of at least 4 members (excludes halogenated alkanes) is 23. The second kappa shape index (κ2) is 34.7. The number of phosphoric ester groups is 1. The number of amides is 1. The maximum atomic E-state index is 12.8. The number of allylic oxidation sites excluding steroid dienone is 3. The van der Waals surface area contributed by atoms with Crippen molar-refractivity contribution in [3.8, 4) is 0 Å². The second-order valence-corrected chi connectivity index (χ2v) is 17.1. The van der Waals surface area contributed by atoms with Crippen molar-refractivity contribution in [2.75, 3.05) is 40.9 Å². The van der Waals surface area contributed by atoms with Crippen LogP contribution in [0.25, 0.3) is 0 Å². The Labute approximate surface area is 315 Å². The van der Waals surface area contributed by atoms with Gasteiger partial charge in [-0.1, -0.05) is 173 Å². The summed E-state index contributed by atoms with van der Waals surface area (Å²) in [6, 6.07) is -0.896. The Morgan fingerprint density at radius 1 is 0.667 bits per heavy atom. The van der Waals surface area contributed by atoms with Crippen molar-refractivity contribution in [1.29, 1.82) is 0 Å². The molecule has 0 aromatic carbocycles. The summed E-state index contributed by atoms with van der Waals surface area (Å²) in [5.41, 5.74) is 0. The van der Waals surface area contributed by atoms with Crippen LogP contribution in [-0.2, 0) is 18.4 Å². The summed E-state index contributed by atoms with van der Waals surface area (Å²) >= 11 is 0. The highest BCUT2D eigenvalue weighted by Gasteiger charge is 2.23. The third-order valence-electron chi connectivity index (χ3n) is 9.41. The van der Waals surface area contributed by atoms with E-state index in [0.717, 1.165) is 38.5 Å². The van der Waals surface area contributed by atoms with Crippen molar-refractivity contribution in [2.45, 2.75) is 199 Å². The van der Waals surface area contributed by atoms with Crippen molar-refractivity contribution < 1.29 is 32.9 Å². The highest BCUT2D eigenvalue weighted by molar-refractivity contribution is 7.45. The largest absolute Gasteiger partial charge is 0.756 e. The van der Waals surface area contributed by atoms with Gasteiger partial charge in [0.15, 0.2) is 0 Å². The van der Waals surface area contributed by atoms with Gasteiger partial charge in [-0.05, 0) is 32.1 Å². The summed E-state index contributed by atoms with van der Waals surface area (Å²) in [6.07, 6.45) is 39.4. The molecule has 0 heterocycles. The molecule has 0 rings (SSSR count). The SMILES string of the molecule is CCCCCCCC/C=C/CC/C=C/[C@@H](O)[C@H](COP(=O)([O-])OCC[N+](C)(C)C)NC(=O)CCCCCCCCCCCCCCCCCCC. The number of phosphoric acid groups is 1. The highest BCUT2D eigenvalue weighted by Crippen LogP contribution is 2.38. The summed E-state index contributed by atoms with van der Waals surface area (Å²) in [6.45, 7) is 4.61. The van der Waals surface area contributed by atoms with Crippen molar-refractivity contribution in [3.05, 3.63) is 24.3 Å². The molecular weight excluding hydrogens is 659 g/mol. The highest BCUT2D eigenvalue weighted by atomic mass is 31.2. The fraction of sp³-hybridized carbons (Fsp3) is 0.881. The van der Waals surface area contributed by atoms with Gasteiger partial charge >= 0.3 is 0 Å². The summed E-state index contributed by atoms with van der Waals surface area (Å²) < 4.78 is 23.1. The Morgan fingerprint density at radius 2 is 1.10 bits per heavy atom. The van der Waals surface area contributed by atoms with Crippen molar-refractivity contribution in [1.82, 2.24) is 5.32 Å². The predicted molar refractivity (Wildman–Crippen MR) is 215 cm³/mol. The minimum atomic E-state index is -4.59. The van der Waals surface area contributed by atoms with Crippen LogP contribution in [0.3, 0.4) is 0 Å². The number of carbonyl (C=O) groups is 1. The van der Waals surface area contributed by atoms with Gasteiger partial charge in [-0.3, -0.25) is 9.36 Å². The van der Waals surface area contributed by atoms with Crippen molar-refractivity contribution in [2.24, 2.45) is 0 Å². The van der Waals surface area contributed by atoms with Crippen LogP contribution in [0, 0.1) is 0 Å². The maximum Gasteiger partial charge on any atom is 0.268 e. The zero-order valence-corrected chi connectivity index (χ0v) is 35.0. The molecule has 0 aliphatic rings. The van der Waals surface area contributed by atoms with Gasteiger partial charge in [-0.25, -0.2) is 0 Å². The molecule has 0 spiro atoms. The average Bonchev–Trinajstić information content (AvgIpc) is 3.07. The molecule has 0 radical (unpaired) electrons. The van der Waals surface area contributed by atoms with Crippen LogP contribution >= 0.6 is 7.82 Å². The van der Waals surface area contributed by atoms with Crippen molar-refractivity contribution >= 4 is 13.7 Å². The Hall–Kier alpha value is -1.02. The standard InChI is InChI=1S/C42H83N2O6P/c1-6-8-10-12-14-16-18-20-21-22-23-24-26-28-30-32-34-36-42(46)43-40(39-50-51(47,48)49-38-37-44(3,4)5)41(45)35-33-31-29-27-25-19-17-15-13-11-9-7-2/h25,27,33,35,40-41,45H,6-24,26,28-32,34,36-39H2,1-5H3,(H-,43,46,47,48)/b27-25+,35-33+/t40-,41+/m0/s1. The third-order valence-corrected chi connectivity index (χ3v) is 10.4. The molecule has 0 saturated carbocycles. The zero-order valence-electron chi connectivity index (χ0n) is 34.1. The molecule has 0 fully saturated rings. The smallest absolute Gasteiger partial charge is 0.268 e. The lowest BCUT2D eigenvalue weighted by Crippen LogP contribution is -2.45. The minimum Gasteiger partial charge on any atom is -0.756 e. The van der Waals surface area contributed by atoms with E-state index in [4.69, 9.17) is 9.05 Å². The second-order valence-electron chi connectivity index (χ2n) is 15.7. The Bertz CT molecular complexity index is 891. The third kappa shape index (κ3) is 37.1.